The molecule has 28 heteroatoms. The number of aliphatic carboxylic acids is 1. The van der Waals surface area contributed by atoms with Crippen molar-refractivity contribution in [3.8, 4) is 0 Å². The number of hydrogen-bond acceptors (Lipinski definition) is 15. The molecule has 0 unspecified atom stereocenters. The summed E-state index contributed by atoms with van der Waals surface area (Å²) in [6.45, 7) is 9.34. The topological polar surface area (TPSA) is 474 Å². The van der Waals surface area contributed by atoms with Crippen molar-refractivity contribution in [3.63, 3.8) is 0 Å². The van der Waals surface area contributed by atoms with Crippen LogP contribution in [0.15, 0.2) is 9.98 Å². The first-order valence-corrected chi connectivity index (χ1v) is 26.5. The van der Waals surface area contributed by atoms with Crippen molar-refractivity contribution in [2.24, 2.45) is 56.2 Å². The largest absolute Gasteiger partial charge is 0.480 e. The molecule has 2 aliphatic rings. The molecule has 2 fully saturated rings. The van der Waals surface area contributed by atoms with Gasteiger partial charge in [0.25, 0.3) is 0 Å². The Hall–Kier alpha value is -6.39. The number of unbranched alkanes of at least 4 members (excludes halogenated alkanes) is 2. The first-order valence-electron chi connectivity index (χ1n) is 26.5. The van der Waals surface area contributed by atoms with Gasteiger partial charge in [0.2, 0.25) is 47.3 Å². The van der Waals surface area contributed by atoms with Crippen LogP contribution in [0.3, 0.4) is 0 Å². The van der Waals surface area contributed by atoms with E-state index in [9.17, 15) is 53.4 Å². The van der Waals surface area contributed by atoms with E-state index in [0.29, 0.717) is 58.0 Å². The summed E-state index contributed by atoms with van der Waals surface area (Å²) in [6.07, 6.45) is 2.88. The van der Waals surface area contributed by atoms with Crippen LogP contribution in [0.25, 0.3) is 0 Å². The maximum Gasteiger partial charge on any atom is 0.326 e. The van der Waals surface area contributed by atoms with Gasteiger partial charge in [-0.2, -0.15) is 0 Å². The quantitative estimate of drug-likeness (QED) is 0.0161. The van der Waals surface area contributed by atoms with E-state index in [1.165, 1.54) is 11.8 Å². The van der Waals surface area contributed by atoms with Crippen LogP contribution in [-0.2, 0) is 43.2 Å². The molecule has 0 spiro atoms. The molecule has 0 aliphatic carbocycles. The molecule has 0 aromatic carbocycles. The first-order chi connectivity index (χ1) is 35.9. The number of nitrogens with two attached hydrogens (primary N) is 6. The van der Waals surface area contributed by atoms with Crippen LogP contribution in [0, 0.1) is 11.8 Å². The molecule has 10 atom stereocenters. The van der Waals surface area contributed by atoms with Crippen LogP contribution in [-0.4, -0.2) is 180 Å². The summed E-state index contributed by atoms with van der Waals surface area (Å²) in [7, 11) is 0. The molecule has 0 bridgehead atoms. The fraction of sp³-hybridized carbons (Fsp3) is 0.771. The number of carboxylic acids is 1. The van der Waals surface area contributed by atoms with Gasteiger partial charge in [-0.3, -0.25) is 48.3 Å². The number of nitrogens with one attached hydrogen (secondary N) is 8. The fourth-order valence-electron chi connectivity index (χ4n) is 8.75. The van der Waals surface area contributed by atoms with E-state index in [2.05, 4.69) is 52.5 Å². The molecule has 2 heterocycles. The number of nitrogens with zero attached hydrogens (tertiary/aromatic N) is 3. The van der Waals surface area contributed by atoms with Gasteiger partial charge in [-0.15, -0.1) is 0 Å². The highest BCUT2D eigenvalue weighted by Crippen LogP contribution is 2.22. The van der Waals surface area contributed by atoms with E-state index < -0.39 is 120 Å². The zero-order chi connectivity index (χ0) is 57.1. The Kier molecular flexibility index (Phi) is 29.7. The summed E-state index contributed by atoms with van der Waals surface area (Å²) in [5.41, 5.74) is 33.7. The summed E-state index contributed by atoms with van der Waals surface area (Å²) >= 11 is 0. The van der Waals surface area contributed by atoms with Gasteiger partial charge in [-0.05, 0) is 128 Å². The fourth-order valence-corrected chi connectivity index (χ4v) is 8.75. The second kappa shape index (κ2) is 34.3. The highest BCUT2D eigenvalue weighted by Gasteiger charge is 2.40. The van der Waals surface area contributed by atoms with Crippen molar-refractivity contribution in [3.05, 3.63) is 0 Å². The van der Waals surface area contributed by atoms with E-state index >= 15 is 0 Å². The van der Waals surface area contributed by atoms with Crippen LogP contribution in [0.1, 0.15) is 125 Å². The van der Waals surface area contributed by atoms with Gasteiger partial charge in [0.1, 0.15) is 48.3 Å². The lowest BCUT2D eigenvalue weighted by Gasteiger charge is -2.30. The average Bonchev–Trinajstić information content (AvgIpc) is 4.08. The highest BCUT2D eigenvalue weighted by atomic mass is 16.4. The lowest BCUT2D eigenvalue weighted by Crippen LogP contribution is -2.62. The summed E-state index contributed by atoms with van der Waals surface area (Å²) in [5, 5.41) is 41.9. The maximum absolute atomic E-state index is 14.4. The Labute approximate surface area is 445 Å². The van der Waals surface area contributed by atoms with E-state index in [1.54, 1.807) is 27.7 Å². The molecule has 8 amide bonds. The number of aliphatic hydroxyl groups excluding tert-OH is 1. The van der Waals surface area contributed by atoms with Crippen molar-refractivity contribution >= 4 is 65.1 Å². The second-order valence-electron chi connectivity index (χ2n) is 20.1. The standard InChI is InChI=1S/C48H89N17O11/c1-26(2)35(43(72)63-36(27(3)4)46(75)76)62-44(73)37(28(5)66)64-41(70)32(17-11-24-57-48(53)54)60-39(68)30(15-7-9-21-50)58-38(67)29(14-6-8-20-49)59-40(69)31(16-10-23-56-47(51)52)61-42(71)34-19-13-25-65(34)45(74)33-18-12-22-55-33/h26-37,55,66H,6-25,49-50H2,1-5H3,(H,58,67)(H,59,69)(H,60,68)(H,61,71)(H,62,73)(H,63,72)(H,64,70)(H,75,76)(H4,51,52,56)(H4,53,54,57)/t28-,29+,30+,31+,32+,33+,34+,35+,36+,37+/m1/s1. The number of likely N-dealkylation sites (tertiary alicyclic amines) is 1. The van der Waals surface area contributed by atoms with Crippen molar-refractivity contribution < 1.29 is 53.4 Å². The van der Waals surface area contributed by atoms with Gasteiger partial charge in [-0.1, -0.05) is 27.7 Å². The molecule has 22 N–H and O–H groups in total. The number of guanidine groups is 2. The molecule has 0 aromatic heterocycles. The number of aliphatic hydroxyl groups is 1. The number of aliphatic imine (C=N–C) groups is 2. The summed E-state index contributed by atoms with van der Waals surface area (Å²) in [5.74, 6) is -8.56. The molecule has 0 saturated carbocycles. The number of carbonyl (C=O) groups is 9. The molecule has 0 radical (unpaired) electrons. The van der Waals surface area contributed by atoms with Crippen molar-refractivity contribution in [1.29, 1.82) is 0 Å². The highest BCUT2D eigenvalue weighted by molar-refractivity contribution is 5.98. The number of carboxylic acid groups (broad SMARTS) is 1. The number of rotatable bonds is 35. The Morgan fingerprint density at radius 3 is 1.38 bits per heavy atom. The predicted octanol–water partition coefficient (Wildman–Crippen LogP) is -4.73. The normalized spacial score (nSPS) is 18.4. The zero-order valence-corrected chi connectivity index (χ0v) is 44.9. The predicted molar refractivity (Wildman–Crippen MR) is 284 cm³/mol. The third-order valence-electron chi connectivity index (χ3n) is 13.1. The van der Waals surface area contributed by atoms with E-state index in [4.69, 9.17) is 34.4 Å². The zero-order valence-electron chi connectivity index (χ0n) is 44.9. The van der Waals surface area contributed by atoms with E-state index in [1.807, 2.05) is 0 Å². The van der Waals surface area contributed by atoms with Crippen LogP contribution in [0.5, 0.6) is 0 Å². The molecule has 2 rings (SSSR count). The number of carbonyl (C=O) groups excluding carboxylic acids is 8. The van der Waals surface area contributed by atoms with E-state index in [0.717, 1.165) is 6.42 Å². The molecule has 76 heavy (non-hydrogen) atoms. The van der Waals surface area contributed by atoms with Gasteiger partial charge < -0.3 is 92.0 Å². The molecule has 2 aliphatic heterocycles. The minimum atomic E-state index is -1.69. The maximum atomic E-state index is 14.4. The second-order valence-corrected chi connectivity index (χ2v) is 20.1. The molecule has 0 aromatic rings. The molecule has 2 saturated heterocycles. The third-order valence-corrected chi connectivity index (χ3v) is 13.1. The Balaban J connectivity index is 2.44. The number of amides is 8. The summed E-state index contributed by atoms with van der Waals surface area (Å²) < 4.78 is 0. The smallest absolute Gasteiger partial charge is 0.326 e. The molecule has 28 nitrogen and oxygen atoms in total. The minimum Gasteiger partial charge on any atom is -0.480 e. The Morgan fingerprint density at radius 1 is 0.553 bits per heavy atom. The van der Waals surface area contributed by atoms with Crippen molar-refractivity contribution in [2.45, 2.75) is 185 Å². The van der Waals surface area contributed by atoms with Gasteiger partial charge >= 0.3 is 5.97 Å². The first kappa shape index (κ1) is 65.7. The van der Waals surface area contributed by atoms with Gasteiger partial charge in [0.15, 0.2) is 11.9 Å². The van der Waals surface area contributed by atoms with Crippen molar-refractivity contribution in [2.75, 3.05) is 39.3 Å². The lowest BCUT2D eigenvalue weighted by atomic mass is 9.99. The Morgan fingerprint density at radius 2 is 0.974 bits per heavy atom. The third kappa shape index (κ3) is 22.8. The van der Waals surface area contributed by atoms with Gasteiger partial charge in [-0.25, -0.2) is 4.79 Å². The Bertz CT molecular complexity index is 1980. The van der Waals surface area contributed by atoms with Crippen LogP contribution in [0.2, 0.25) is 0 Å². The van der Waals surface area contributed by atoms with Crippen molar-refractivity contribution in [1.82, 2.24) is 47.4 Å². The number of hydrogen-bond donors (Lipinski definition) is 16. The molecular weight excluding hydrogens is 991 g/mol. The lowest BCUT2D eigenvalue weighted by molar-refractivity contribution is -0.144. The van der Waals surface area contributed by atoms with Crippen LogP contribution >= 0.6 is 0 Å². The minimum absolute atomic E-state index is 0.0206. The van der Waals surface area contributed by atoms with Gasteiger partial charge in [0, 0.05) is 19.6 Å². The summed E-state index contributed by atoms with van der Waals surface area (Å²) in [4.78, 5) is 133. The monoisotopic (exact) mass is 1080 g/mol. The van der Waals surface area contributed by atoms with Crippen LogP contribution in [0.4, 0.5) is 0 Å². The average molecular weight is 1080 g/mol. The molecular formula is C48H89N17O11. The van der Waals surface area contributed by atoms with Crippen LogP contribution < -0.4 is 76.9 Å². The van der Waals surface area contributed by atoms with E-state index in [-0.39, 0.29) is 82.5 Å². The molecule has 432 valence electrons. The SMILES string of the molecule is CC(C)[C@H](NC(=O)[C@@H](NC(=O)[C@@H](NC(=O)[C@H](CCCN=C(N)N)NC(=O)[C@H](CCCCN)NC(=O)[C@H](CCCCN)NC(=O)[C@H](CCCN=C(N)N)NC(=O)[C@@H]1CCCN1C(=O)[C@@H]1CCCN1)[C@@H](C)O)C(C)C)C(=O)O. The summed E-state index contributed by atoms with van der Waals surface area (Å²) in [6, 6.07) is -10.7. The van der Waals surface area contributed by atoms with Gasteiger partial charge in [0.05, 0.1) is 12.1 Å².